The van der Waals surface area contributed by atoms with Crippen LogP contribution in [-0.4, -0.2) is 50.1 Å². The molecular formula is C21H28N2O5. The Balaban J connectivity index is 2.25. The summed E-state index contributed by atoms with van der Waals surface area (Å²) in [6.07, 6.45) is -1.37. The number of carbonyl (C=O) groups is 3. The molecule has 1 aromatic rings. The first-order chi connectivity index (χ1) is 12.8. The van der Waals surface area contributed by atoms with E-state index in [1.165, 1.54) is 11.8 Å². The van der Waals surface area contributed by atoms with Gasteiger partial charge < -0.3 is 10.2 Å². The highest BCUT2D eigenvalue weighted by Crippen LogP contribution is 2.51. The smallest absolute Gasteiger partial charge is 0.327 e. The minimum atomic E-state index is -1.93. The van der Waals surface area contributed by atoms with Crippen LogP contribution in [0.1, 0.15) is 50.4 Å². The lowest BCUT2D eigenvalue weighted by molar-refractivity contribution is -0.158. The molecule has 5 atom stereocenters. The molecule has 0 saturated carbocycles. The summed E-state index contributed by atoms with van der Waals surface area (Å²) >= 11 is 0. The van der Waals surface area contributed by atoms with Gasteiger partial charge in [0, 0.05) is 11.6 Å². The number of hydrogen-bond acceptors (Lipinski definition) is 5. The maximum atomic E-state index is 13.3. The average Bonchev–Trinajstić information content (AvgIpc) is 3.04. The van der Waals surface area contributed by atoms with Gasteiger partial charge in [-0.3, -0.25) is 24.6 Å². The molecule has 0 radical (unpaired) electrons. The topological polar surface area (TPSA) is 107 Å². The highest BCUT2D eigenvalue weighted by atomic mass is 16.4. The fourth-order valence-corrected chi connectivity index (χ4v) is 4.72. The van der Waals surface area contributed by atoms with E-state index < -0.39 is 52.8 Å². The van der Waals surface area contributed by atoms with Gasteiger partial charge in [0.05, 0.1) is 17.9 Å². The number of imide groups is 1. The van der Waals surface area contributed by atoms with Crippen LogP contribution in [-0.2, 0) is 14.4 Å². The van der Waals surface area contributed by atoms with Crippen LogP contribution in [0.15, 0.2) is 18.2 Å². The SMILES string of the molecule is Cc1ccc(C)c(C2NC(C(=O)O)(C(C)O)C3C(=O)N(C(C)(C)C)C(=O)C23)c1. The van der Waals surface area contributed by atoms with E-state index in [1.807, 2.05) is 32.0 Å². The van der Waals surface area contributed by atoms with Gasteiger partial charge in [-0.1, -0.05) is 23.8 Å². The van der Waals surface area contributed by atoms with E-state index in [4.69, 9.17) is 0 Å². The molecule has 2 aliphatic heterocycles. The third-order valence-corrected chi connectivity index (χ3v) is 6.05. The van der Waals surface area contributed by atoms with E-state index in [0.717, 1.165) is 16.7 Å². The summed E-state index contributed by atoms with van der Waals surface area (Å²) in [7, 11) is 0. The van der Waals surface area contributed by atoms with E-state index in [-0.39, 0.29) is 0 Å². The van der Waals surface area contributed by atoms with Crippen molar-refractivity contribution in [1.82, 2.24) is 10.2 Å². The van der Waals surface area contributed by atoms with Crippen molar-refractivity contribution in [1.29, 1.82) is 0 Å². The summed E-state index contributed by atoms with van der Waals surface area (Å²) in [4.78, 5) is 40.1. The molecule has 3 rings (SSSR count). The molecule has 1 aromatic carbocycles. The lowest BCUT2D eigenvalue weighted by Gasteiger charge is -2.36. The molecule has 0 bridgehead atoms. The molecule has 3 N–H and O–H groups in total. The molecule has 7 nitrogen and oxygen atoms in total. The zero-order valence-electron chi connectivity index (χ0n) is 17.1. The van der Waals surface area contributed by atoms with Gasteiger partial charge in [-0.25, -0.2) is 0 Å². The van der Waals surface area contributed by atoms with E-state index in [1.54, 1.807) is 20.8 Å². The van der Waals surface area contributed by atoms with Crippen LogP contribution in [0.5, 0.6) is 0 Å². The number of likely N-dealkylation sites (tertiary alicyclic amines) is 1. The molecule has 28 heavy (non-hydrogen) atoms. The van der Waals surface area contributed by atoms with Crippen LogP contribution < -0.4 is 5.32 Å². The van der Waals surface area contributed by atoms with E-state index in [9.17, 15) is 24.6 Å². The summed E-state index contributed by atoms with van der Waals surface area (Å²) in [6.45, 7) is 10.4. The number of nitrogens with one attached hydrogen (secondary N) is 1. The number of carbonyl (C=O) groups excluding carboxylic acids is 2. The summed E-state index contributed by atoms with van der Waals surface area (Å²) in [6, 6.07) is 5.07. The van der Waals surface area contributed by atoms with Gasteiger partial charge in [0.15, 0.2) is 5.54 Å². The number of hydrogen-bond donors (Lipinski definition) is 3. The third kappa shape index (κ3) is 2.68. The Morgan fingerprint density at radius 2 is 1.82 bits per heavy atom. The number of aliphatic carboxylic acids is 1. The molecule has 0 aromatic heterocycles. The second-order valence-corrected chi connectivity index (χ2v) is 9.02. The molecule has 2 saturated heterocycles. The van der Waals surface area contributed by atoms with E-state index >= 15 is 0 Å². The van der Waals surface area contributed by atoms with E-state index in [0.29, 0.717) is 0 Å². The molecular weight excluding hydrogens is 360 g/mol. The minimum Gasteiger partial charge on any atom is -0.480 e. The van der Waals surface area contributed by atoms with Crippen molar-refractivity contribution in [2.24, 2.45) is 11.8 Å². The Kier molecular flexibility index (Phi) is 4.67. The standard InChI is InChI=1S/C21H28N2O5/c1-10-7-8-11(2)13(9-10)16-14-15(21(22-16,12(3)24)19(27)28)18(26)23(17(14)25)20(4,5)6/h7-9,12,14-16,22,24H,1-6H3,(H,27,28). The first-order valence-corrected chi connectivity index (χ1v) is 9.48. The largest absolute Gasteiger partial charge is 0.480 e. The Labute approximate surface area is 164 Å². The van der Waals surface area contributed by atoms with Gasteiger partial charge in [-0.15, -0.1) is 0 Å². The van der Waals surface area contributed by atoms with Crippen LogP contribution >= 0.6 is 0 Å². The van der Waals surface area contributed by atoms with Crippen molar-refractivity contribution in [3.63, 3.8) is 0 Å². The number of benzene rings is 1. The maximum Gasteiger partial charge on any atom is 0.327 e. The van der Waals surface area contributed by atoms with Crippen molar-refractivity contribution in [3.8, 4) is 0 Å². The Hall–Kier alpha value is -2.25. The van der Waals surface area contributed by atoms with Crippen molar-refractivity contribution < 1.29 is 24.6 Å². The molecule has 2 fully saturated rings. The van der Waals surface area contributed by atoms with Crippen LogP contribution in [0.3, 0.4) is 0 Å². The Morgan fingerprint density at radius 1 is 1.21 bits per heavy atom. The molecule has 0 aliphatic carbocycles. The van der Waals surface area contributed by atoms with Crippen molar-refractivity contribution in [3.05, 3.63) is 34.9 Å². The quantitative estimate of drug-likeness (QED) is 0.679. The fraction of sp³-hybridized carbons (Fsp3) is 0.571. The lowest BCUT2D eigenvalue weighted by atomic mass is 9.76. The second-order valence-electron chi connectivity index (χ2n) is 9.02. The van der Waals surface area contributed by atoms with Gasteiger partial charge in [-0.2, -0.15) is 0 Å². The molecule has 2 heterocycles. The third-order valence-electron chi connectivity index (χ3n) is 6.05. The van der Waals surface area contributed by atoms with Crippen molar-refractivity contribution >= 4 is 17.8 Å². The maximum absolute atomic E-state index is 13.3. The zero-order valence-corrected chi connectivity index (χ0v) is 17.1. The summed E-state index contributed by atoms with van der Waals surface area (Å²) < 4.78 is 0. The molecule has 7 heteroatoms. The highest BCUT2D eigenvalue weighted by Gasteiger charge is 2.71. The van der Waals surface area contributed by atoms with Crippen LogP contribution in [0, 0.1) is 25.7 Å². The first-order valence-electron chi connectivity index (χ1n) is 9.48. The van der Waals surface area contributed by atoms with Gasteiger partial charge in [0.25, 0.3) is 0 Å². The normalized spacial score (nSPS) is 31.2. The van der Waals surface area contributed by atoms with Gasteiger partial charge in [0.1, 0.15) is 0 Å². The number of aliphatic hydroxyl groups excluding tert-OH is 1. The number of amides is 2. The highest BCUT2D eigenvalue weighted by molar-refractivity contribution is 6.10. The molecule has 2 amide bonds. The van der Waals surface area contributed by atoms with Crippen LogP contribution in [0.4, 0.5) is 0 Å². The van der Waals surface area contributed by atoms with Gasteiger partial charge in [-0.05, 0) is 52.7 Å². The molecule has 0 spiro atoms. The lowest BCUT2D eigenvalue weighted by Crippen LogP contribution is -2.63. The minimum absolute atomic E-state index is 0.398. The van der Waals surface area contributed by atoms with Gasteiger partial charge in [0.2, 0.25) is 11.8 Å². The molecule has 2 aliphatic rings. The average molecular weight is 388 g/mol. The summed E-state index contributed by atoms with van der Waals surface area (Å²) in [5, 5.41) is 23.5. The number of rotatable bonds is 3. The summed E-state index contributed by atoms with van der Waals surface area (Å²) in [5.74, 6) is -4.35. The number of carboxylic acids is 1. The monoisotopic (exact) mass is 388 g/mol. The predicted octanol–water partition coefficient (Wildman–Crippen LogP) is 1.55. The Morgan fingerprint density at radius 3 is 2.32 bits per heavy atom. The van der Waals surface area contributed by atoms with Crippen molar-refractivity contribution in [2.75, 3.05) is 0 Å². The van der Waals surface area contributed by atoms with Crippen molar-refractivity contribution in [2.45, 2.75) is 64.8 Å². The molecule has 152 valence electrons. The molecule has 5 unspecified atom stereocenters. The number of carboxylic acid groups (broad SMARTS) is 1. The number of nitrogens with zero attached hydrogens (tertiary/aromatic N) is 1. The second kappa shape index (κ2) is 6.39. The number of aliphatic hydroxyl groups is 1. The number of fused-ring (bicyclic) bond motifs is 1. The number of aryl methyl sites for hydroxylation is 2. The predicted molar refractivity (Wildman–Crippen MR) is 102 cm³/mol. The summed E-state index contributed by atoms with van der Waals surface area (Å²) in [5.41, 5.74) is -0.0848. The fourth-order valence-electron chi connectivity index (χ4n) is 4.72. The zero-order chi connectivity index (χ0) is 21.2. The van der Waals surface area contributed by atoms with Crippen LogP contribution in [0.25, 0.3) is 0 Å². The Bertz CT molecular complexity index is 857. The van der Waals surface area contributed by atoms with Gasteiger partial charge >= 0.3 is 5.97 Å². The first kappa shape index (κ1) is 20.5. The van der Waals surface area contributed by atoms with E-state index in [2.05, 4.69) is 5.32 Å². The van der Waals surface area contributed by atoms with Crippen LogP contribution in [0.2, 0.25) is 0 Å².